The molecule has 9 heteroatoms. The van der Waals surface area contributed by atoms with Crippen molar-refractivity contribution >= 4 is 15.9 Å². The maximum atomic E-state index is 13.5. The Kier molecular flexibility index (Phi) is 6.08. The monoisotopic (exact) mass is 415 g/mol. The highest BCUT2D eigenvalue weighted by Crippen LogP contribution is 2.37. The quantitative estimate of drug-likeness (QED) is 0.786. The highest BCUT2D eigenvalue weighted by Gasteiger charge is 2.40. The largest absolute Gasteiger partial charge is 0.444 e. The van der Waals surface area contributed by atoms with Gasteiger partial charge in [-0.2, -0.15) is 13.2 Å². The standard InChI is InChI=1S/C19H20F3NO4S/c1-18(2,3)27-17(24)23-16(28(25,26)13-9-5-4-6-10-13)14-11-7-8-12-15(14)19(20,21)22/h4-12,16H,1-3H3,(H,23,24). The van der Waals surface area contributed by atoms with Crippen molar-refractivity contribution in [3.63, 3.8) is 0 Å². The van der Waals surface area contributed by atoms with Crippen LogP contribution in [0, 0.1) is 0 Å². The summed E-state index contributed by atoms with van der Waals surface area (Å²) in [4.78, 5) is 12.0. The molecular weight excluding hydrogens is 395 g/mol. The lowest BCUT2D eigenvalue weighted by Crippen LogP contribution is -2.39. The normalized spacial score (nSPS) is 13.6. The van der Waals surface area contributed by atoms with Crippen LogP contribution in [0.1, 0.15) is 37.3 Å². The molecule has 0 saturated heterocycles. The summed E-state index contributed by atoms with van der Waals surface area (Å²) in [6.45, 7) is 4.66. The molecule has 0 aliphatic heterocycles. The van der Waals surface area contributed by atoms with Crippen molar-refractivity contribution in [2.45, 2.75) is 42.8 Å². The van der Waals surface area contributed by atoms with Crippen molar-refractivity contribution < 1.29 is 31.1 Å². The summed E-state index contributed by atoms with van der Waals surface area (Å²) in [6, 6.07) is 11.1. The van der Waals surface area contributed by atoms with E-state index in [1.165, 1.54) is 30.3 Å². The first-order valence-corrected chi connectivity index (χ1v) is 9.81. The minimum Gasteiger partial charge on any atom is -0.444 e. The number of sulfone groups is 1. The molecule has 152 valence electrons. The van der Waals surface area contributed by atoms with Gasteiger partial charge >= 0.3 is 12.3 Å². The van der Waals surface area contributed by atoms with Crippen molar-refractivity contribution in [3.05, 3.63) is 65.7 Å². The number of alkyl halides is 3. The predicted octanol–water partition coefficient (Wildman–Crippen LogP) is 4.70. The third-order valence-corrected chi connectivity index (χ3v) is 5.50. The van der Waals surface area contributed by atoms with Crippen LogP contribution in [0.15, 0.2) is 59.5 Å². The number of carbonyl (C=O) groups excluding carboxylic acids is 1. The van der Waals surface area contributed by atoms with Gasteiger partial charge in [0, 0.05) is 5.56 Å². The van der Waals surface area contributed by atoms with Crippen LogP contribution in [0.25, 0.3) is 0 Å². The average Bonchev–Trinajstić information content (AvgIpc) is 2.58. The van der Waals surface area contributed by atoms with Crippen LogP contribution in [-0.2, 0) is 20.8 Å². The van der Waals surface area contributed by atoms with E-state index >= 15 is 0 Å². The molecular formula is C19H20F3NO4S. The van der Waals surface area contributed by atoms with Gasteiger partial charge in [-0.05, 0) is 39.0 Å². The van der Waals surface area contributed by atoms with Gasteiger partial charge < -0.3 is 10.1 Å². The molecule has 0 aromatic heterocycles. The topological polar surface area (TPSA) is 72.5 Å². The van der Waals surface area contributed by atoms with E-state index in [1.54, 1.807) is 26.8 Å². The number of benzene rings is 2. The number of nitrogens with one attached hydrogen (secondary N) is 1. The number of alkyl carbamates (subject to hydrolysis) is 1. The number of halogens is 3. The molecule has 28 heavy (non-hydrogen) atoms. The fourth-order valence-corrected chi connectivity index (χ4v) is 4.07. The van der Waals surface area contributed by atoms with Gasteiger partial charge in [0.05, 0.1) is 10.5 Å². The third-order valence-electron chi connectivity index (χ3n) is 3.58. The van der Waals surface area contributed by atoms with Crippen molar-refractivity contribution in [3.8, 4) is 0 Å². The van der Waals surface area contributed by atoms with E-state index in [1.807, 2.05) is 0 Å². The van der Waals surface area contributed by atoms with E-state index in [-0.39, 0.29) is 4.90 Å². The minimum atomic E-state index is -4.81. The van der Waals surface area contributed by atoms with E-state index in [0.29, 0.717) is 0 Å². The molecule has 0 saturated carbocycles. The molecule has 0 spiro atoms. The zero-order valence-electron chi connectivity index (χ0n) is 15.4. The second kappa shape index (κ2) is 7.83. The lowest BCUT2D eigenvalue weighted by Gasteiger charge is -2.25. The number of hydrogen-bond acceptors (Lipinski definition) is 4. The second-order valence-electron chi connectivity index (χ2n) is 6.97. The number of carbonyl (C=O) groups is 1. The Morgan fingerprint density at radius 1 is 0.964 bits per heavy atom. The van der Waals surface area contributed by atoms with Crippen molar-refractivity contribution in [1.29, 1.82) is 0 Å². The molecule has 0 aliphatic carbocycles. The molecule has 0 heterocycles. The summed E-state index contributed by atoms with van der Waals surface area (Å²) in [5.41, 5.74) is -2.71. The fourth-order valence-electron chi connectivity index (χ4n) is 2.47. The molecule has 2 rings (SSSR count). The van der Waals surface area contributed by atoms with E-state index in [9.17, 15) is 26.4 Å². The Balaban J connectivity index is 2.60. The van der Waals surface area contributed by atoms with Crippen LogP contribution in [0.3, 0.4) is 0 Å². The van der Waals surface area contributed by atoms with E-state index in [2.05, 4.69) is 5.32 Å². The Morgan fingerprint density at radius 2 is 1.50 bits per heavy atom. The molecule has 2 aromatic rings. The van der Waals surface area contributed by atoms with Crippen LogP contribution >= 0.6 is 0 Å². The Hall–Kier alpha value is -2.55. The molecule has 0 radical (unpaired) electrons. The first kappa shape index (κ1) is 21.7. The van der Waals surface area contributed by atoms with E-state index in [0.717, 1.165) is 18.2 Å². The summed E-state index contributed by atoms with van der Waals surface area (Å²) in [5, 5.41) is 0.108. The number of rotatable bonds is 4. The average molecular weight is 415 g/mol. The molecule has 0 bridgehead atoms. The molecule has 1 N–H and O–H groups in total. The van der Waals surface area contributed by atoms with Crippen molar-refractivity contribution in [2.24, 2.45) is 0 Å². The van der Waals surface area contributed by atoms with E-state index < -0.39 is 44.2 Å². The summed E-state index contributed by atoms with van der Waals surface area (Å²) < 4.78 is 71.6. The molecule has 2 aromatic carbocycles. The zero-order valence-corrected chi connectivity index (χ0v) is 16.3. The summed E-state index contributed by atoms with van der Waals surface area (Å²) >= 11 is 0. The number of ether oxygens (including phenoxy) is 1. The summed E-state index contributed by atoms with van der Waals surface area (Å²) in [6.07, 6.45) is -5.95. The Morgan fingerprint density at radius 3 is 2.04 bits per heavy atom. The Bertz CT molecular complexity index is 936. The summed E-state index contributed by atoms with van der Waals surface area (Å²) in [5.74, 6) is 0. The van der Waals surface area contributed by atoms with Gasteiger partial charge in [0.2, 0.25) is 9.84 Å². The molecule has 1 unspecified atom stereocenters. The smallest absolute Gasteiger partial charge is 0.416 e. The fraction of sp³-hybridized carbons (Fsp3) is 0.316. The molecule has 1 amide bonds. The van der Waals surface area contributed by atoms with Gasteiger partial charge in [0.1, 0.15) is 5.60 Å². The van der Waals surface area contributed by atoms with Crippen LogP contribution < -0.4 is 5.32 Å². The van der Waals surface area contributed by atoms with Crippen LogP contribution in [0.2, 0.25) is 0 Å². The molecule has 0 fully saturated rings. The van der Waals surface area contributed by atoms with Crippen LogP contribution in [-0.4, -0.2) is 20.1 Å². The SMILES string of the molecule is CC(C)(C)OC(=O)NC(c1ccccc1C(F)(F)F)S(=O)(=O)c1ccccc1. The number of hydrogen-bond donors (Lipinski definition) is 1. The van der Waals surface area contributed by atoms with Gasteiger partial charge in [0.15, 0.2) is 5.37 Å². The van der Waals surface area contributed by atoms with E-state index in [4.69, 9.17) is 4.74 Å². The van der Waals surface area contributed by atoms with Crippen LogP contribution in [0.4, 0.5) is 18.0 Å². The van der Waals surface area contributed by atoms with Crippen LogP contribution in [0.5, 0.6) is 0 Å². The third kappa shape index (κ3) is 5.25. The van der Waals surface area contributed by atoms with Gasteiger partial charge in [-0.25, -0.2) is 13.2 Å². The lowest BCUT2D eigenvalue weighted by molar-refractivity contribution is -0.138. The highest BCUT2D eigenvalue weighted by atomic mass is 32.2. The zero-order chi connectivity index (χ0) is 21.2. The first-order chi connectivity index (χ1) is 12.8. The first-order valence-electron chi connectivity index (χ1n) is 8.27. The summed E-state index contributed by atoms with van der Waals surface area (Å²) in [7, 11) is -4.40. The van der Waals surface area contributed by atoms with Gasteiger partial charge in [-0.3, -0.25) is 0 Å². The lowest BCUT2D eigenvalue weighted by atomic mass is 10.1. The molecule has 1 atom stereocenters. The second-order valence-corrected chi connectivity index (χ2v) is 9.00. The Labute approximate surface area is 161 Å². The van der Waals surface area contributed by atoms with Gasteiger partial charge in [-0.1, -0.05) is 36.4 Å². The van der Waals surface area contributed by atoms with Crippen molar-refractivity contribution in [1.82, 2.24) is 5.32 Å². The van der Waals surface area contributed by atoms with Gasteiger partial charge in [-0.15, -0.1) is 0 Å². The maximum Gasteiger partial charge on any atom is 0.416 e. The molecule has 0 aliphatic rings. The predicted molar refractivity (Wildman–Crippen MR) is 97.2 cm³/mol. The highest BCUT2D eigenvalue weighted by molar-refractivity contribution is 7.91. The number of amides is 1. The van der Waals surface area contributed by atoms with Crippen molar-refractivity contribution in [2.75, 3.05) is 0 Å². The maximum absolute atomic E-state index is 13.5. The minimum absolute atomic E-state index is 0.229. The molecule has 5 nitrogen and oxygen atoms in total. The van der Waals surface area contributed by atoms with Gasteiger partial charge in [0.25, 0.3) is 0 Å².